The summed E-state index contributed by atoms with van der Waals surface area (Å²) in [6.07, 6.45) is 1.91. The zero-order chi connectivity index (χ0) is 13.8. The van der Waals surface area contributed by atoms with E-state index >= 15 is 0 Å². The molecule has 6 heteroatoms. The van der Waals surface area contributed by atoms with Crippen molar-refractivity contribution in [3.05, 3.63) is 24.0 Å². The van der Waals surface area contributed by atoms with Gasteiger partial charge in [-0.15, -0.1) is 0 Å². The van der Waals surface area contributed by atoms with Gasteiger partial charge in [-0.25, -0.2) is 4.98 Å². The van der Waals surface area contributed by atoms with Gasteiger partial charge in [0.2, 0.25) is 5.91 Å². The first kappa shape index (κ1) is 13.7. The van der Waals surface area contributed by atoms with Crippen LogP contribution in [0.5, 0.6) is 5.75 Å². The molecule has 0 saturated heterocycles. The smallest absolute Gasteiger partial charge is 0.233 e. The molecule has 5 nitrogen and oxygen atoms in total. The highest BCUT2D eigenvalue weighted by Gasteiger charge is 2.11. The second-order valence-corrected chi connectivity index (χ2v) is 5.34. The van der Waals surface area contributed by atoms with Crippen molar-refractivity contribution in [3.63, 3.8) is 0 Å². The topological polar surface area (TPSA) is 67.0 Å². The van der Waals surface area contributed by atoms with Gasteiger partial charge >= 0.3 is 0 Å². The van der Waals surface area contributed by atoms with Crippen molar-refractivity contribution in [1.82, 2.24) is 15.3 Å². The number of hydrogen-bond donors (Lipinski definition) is 2. The summed E-state index contributed by atoms with van der Waals surface area (Å²) >= 11 is 1.52. The molecular weight excluding hydrogens is 262 g/mol. The van der Waals surface area contributed by atoms with Crippen molar-refractivity contribution >= 4 is 28.7 Å². The van der Waals surface area contributed by atoms with Crippen LogP contribution in [0.25, 0.3) is 11.0 Å². The average molecular weight is 279 g/mol. The number of rotatable bonds is 5. The molecule has 0 radical (unpaired) electrons. The van der Waals surface area contributed by atoms with Gasteiger partial charge in [0.1, 0.15) is 11.6 Å². The van der Waals surface area contributed by atoms with Crippen LogP contribution in [0.1, 0.15) is 12.7 Å². The highest BCUT2D eigenvalue weighted by atomic mass is 32.2. The second kappa shape index (κ2) is 5.97. The summed E-state index contributed by atoms with van der Waals surface area (Å²) in [7, 11) is 1.63. The summed E-state index contributed by atoms with van der Waals surface area (Å²) in [6.45, 7) is 2.28. The lowest BCUT2D eigenvalue weighted by molar-refractivity contribution is -0.120. The van der Waals surface area contributed by atoms with Crippen molar-refractivity contribution < 1.29 is 9.53 Å². The molecule has 19 heavy (non-hydrogen) atoms. The Hall–Kier alpha value is -1.69. The summed E-state index contributed by atoms with van der Waals surface area (Å²) in [5.41, 5.74) is 1.77. The monoisotopic (exact) mass is 279 g/mol. The summed E-state index contributed by atoms with van der Waals surface area (Å²) in [4.78, 5) is 19.3. The van der Waals surface area contributed by atoms with Gasteiger partial charge in [0.25, 0.3) is 0 Å². The van der Waals surface area contributed by atoms with E-state index in [1.807, 2.05) is 31.4 Å². The number of nitrogens with zero attached hydrogens (tertiary/aromatic N) is 1. The molecular formula is C13H17N3O2S. The Morgan fingerprint density at radius 1 is 1.58 bits per heavy atom. The van der Waals surface area contributed by atoms with Crippen molar-refractivity contribution in [3.8, 4) is 5.75 Å². The lowest BCUT2D eigenvalue weighted by atomic mass is 10.3. The van der Waals surface area contributed by atoms with Crippen LogP contribution in [-0.2, 0) is 11.3 Å². The fourth-order valence-electron chi connectivity index (χ4n) is 1.67. The Balaban J connectivity index is 2.07. The van der Waals surface area contributed by atoms with Crippen molar-refractivity contribution in [2.24, 2.45) is 0 Å². The minimum absolute atomic E-state index is 0.0190. The number of aromatic nitrogens is 2. The Labute approximate surface area is 116 Å². The van der Waals surface area contributed by atoms with Crippen molar-refractivity contribution in [2.45, 2.75) is 18.7 Å². The molecule has 0 fully saturated rings. The van der Waals surface area contributed by atoms with Gasteiger partial charge in [-0.05, 0) is 25.3 Å². The Kier molecular flexibility index (Phi) is 4.31. The predicted molar refractivity (Wildman–Crippen MR) is 77.5 cm³/mol. The molecule has 0 spiro atoms. The lowest BCUT2D eigenvalue weighted by Gasteiger charge is -2.07. The zero-order valence-electron chi connectivity index (χ0n) is 11.2. The van der Waals surface area contributed by atoms with E-state index < -0.39 is 0 Å². The molecule has 0 unspecified atom stereocenters. The number of H-pyrrole nitrogens is 1. The first-order chi connectivity index (χ1) is 9.13. The third-order valence-corrected chi connectivity index (χ3v) is 3.81. The summed E-state index contributed by atoms with van der Waals surface area (Å²) in [5.74, 6) is 1.54. The fraction of sp³-hybridized carbons (Fsp3) is 0.385. The number of aromatic amines is 1. The molecule has 0 bridgehead atoms. The van der Waals surface area contributed by atoms with E-state index in [2.05, 4.69) is 15.3 Å². The lowest BCUT2D eigenvalue weighted by Crippen LogP contribution is -2.30. The van der Waals surface area contributed by atoms with E-state index in [0.29, 0.717) is 6.54 Å². The van der Waals surface area contributed by atoms with Crippen LogP contribution in [0, 0.1) is 0 Å². The maximum atomic E-state index is 11.7. The molecule has 0 aliphatic heterocycles. The molecule has 0 aliphatic rings. The SMILES string of the molecule is COc1ccc2nc(CNC(=O)[C@H](C)SC)[nH]c2c1. The largest absolute Gasteiger partial charge is 0.497 e. The summed E-state index contributed by atoms with van der Waals surface area (Å²) < 4.78 is 5.16. The molecule has 1 aromatic carbocycles. The van der Waals surface area contributed by atoms with Crippen LogP contribution in [0.2, 0.25) is 0 Å². The van der Waals surface area contributed by atoms with Crippen LogP contribution in [0.15, 0.2) is 18.2 Å². The van der Waals surface area contributed by atoms with Gasteiger partial charge in [-0.1, -0.05) is 0 Å². The van der Waals surface area contributed by atoms with Gasteiger partial charge in [0.15, 0.2) is 0 Å². The standard InChI is InChI=1S/C13H17N3O2S/c1-8(19-3)13(17)14-7-12-15-10-5-4-9(18-2)6-11(10)16-12/h4-6,8H,7H2,1-3H3,(H,14,17)(H,15,16)/t8-/m0/s1. The number of thioether (sulfide) groups is 1. The number of amides is 1. The minimum Gasteiger partial charge on any atom is -0.497 e. The Morgan fingerprint density at radius 3 is 3.05 bits per heavy atom. The highest BCUT2D eigenvalue weighted by molar-refractivity contribution is 7.99. The Morgan fingerprint density at radius 2 is 2.37 bits per heavy atom. The molecule has 102 valence electrons. The molecule has 1 amide bonds. The van der Waals surface area contributed by atoms with Crippen molar-refractivity contribution in [2.75, 3.05) is 13.4 Å². The normalized spacial score (nSPS) is 12.4. The third-order valence-electron chi connectivity index (χ3n) is 2.89. The molecule has 1 aromatic heterocycles. The zero-order valence-corrected chi connectivity index (χ0v) is 12.0. The summed E-state index contributed by atoms with van der Waals surface area (Å²) in [5, 5.41) is 2.80. The number of carbonyl (C=O) groups excluding carboxylic acids is 1. The molecule has 2 aromatic rings. The number of hydrogen-bond acceptors (Lipinski definition) is 4. The van der Waals surface area contributed by atoms with Crippen LogP contribution in [-0.4, -0.2) is 34.5 Å². The highest BCUT2D eigenvalue weighted by Crippen LogP contribution is 2.18. The van der Waals surface area contributed by atoms with Crippen LogP contribution < -0.4 is 10.1 Å². The quantitative estimate of drug-likeness (QED) is 0.877. The minimum atomic E-state index is -0.0514. The van der Waals surface area contributed by atoms with E-state index in [9.17, 15) is 4.79 Å². The number of imidazole rings is 1. The first-order valence-corrected chi connectivity index (χ1v) is 7.26. The van der Waals surface area contributed by atoms with E-state index in [1.165, 1.54) is 11.8 Å². The van der Waals surface area contributed by atoms with Gasteiger partial charge in [0.05, 0.1) is 29.9 Å². The number of nitrogens with one attached hydrogen (secondary N) is 2. The van der Waals surface area contributed by atoms with Crippen molar-refractivity contribution in [1.29, 1.82) is 0 Å². The molecule has 2 N–H and O–H groups in total. The van der Waals surface area contributed by atoms with Crippen LogP contribution >= 0.6 is 11.8 Å². The molecule has 2 rings (SSSR count). The maximum absolute atomic E-state index is 11.7. The Bertz CT molecular complexity index is 582. The van der Waals surface area contributed by atoms with Gasteiger partial charge in [0, 0.05) is 6.07 Å². The van der Waals surface area contributed by atoms with Gasteiger partial charge < -0.3 is 15.0 Å². The molecule has 1 heterocycles. The first-order valence-electron chi connectivity index (χ1n) is 5.97. The number of fused-ring (bicyclic) bond motifs is 1. The summed E-state index contributed by atoms with van der Waals surface area (Å²) in [6, 6.07) is 5.64. The molecule has 0 aliphatic carbocycles. The predicted octanol–water partition coefficient (Wildman–Crippen LogP) is 1.94. The van der Waals surface area contributed by atoms with E-state index in [0.717, 1.165) is 22.6 Å². The molecule has 0 saturated carbocycles. The average Bonchev–Trinajstić information content (AvgIpc) is 2.85. The van der Waals surface area contributed by atoms with Crippen LogP contribution in [0.4, 0.5) is 0 Å². The van der Waals surface area contributed by atoms with Crippen LogP contribution in [0.3, 0.4) is 0 Å². The number of carbonyl (C=O) groups is 1. The maximum Gasteiger partial charge on any atom is 0.233 e. The number of methoxy groups -OCH3 is 1. The fourth-order valence-corrected chi connectivity index (χ4v) is 1.97. The molecule has 1 atom stereocenters. The number of ether oxygens (including phenoxy) is 1. The van der Waals surface area contributed by atoms with Gasteiger partial charge in [-0.2, -0.15) is 11.8 Å². The second-order valence-electron chi connectivity index (χ2n) is 4.16. The van der Waals surface area contributed by atoms with E-state index in [1.54, 1.807) is 7.11 Å². The van der Waals surface area contributed by atoms with E-state index in [-0.39, 0.29) is 11.2 Å². The third kappa shape index (κ3) is 3.20. The van der Waals surface area contributed by atoms with Gasteiger partial charge in [-0.3, -0.25) is 4.79 Å². The number of benzene rings is 1. The van der Waals surface area contributed by atoms with E-state index in [4.69, 9.17) is 4.74 Å².